The smallest absolute Gasteiger partial charge is 0.233 e. The van der Waals surface area contributed by atoms with E-state index in [0.29, 0.717) is 16.6 Å². The van der Waals surface area contributed by atoms with Gasteiger partial charge in [0.05, 0.1) is 27.6 Å². The number of carbonyl (C=O) groups excluding carboxylic acids is 2. The summed E-state index contributed by atoms with van der Waals surface area (Å²) in [4.78, 5) is 31.4. The lowest BCUT2D eigenvalue weighted by atomic mass is 9.81. The zero-order valence-corrected chi connectivity index (χ0v) is 18.3. The molecule has 2 heterocycles. The molecule has 7 heteroatoms. The molecule has 2 atom stereocenters. The summed E-state index contributed by atoms with van der Waals surface area (Å²) in [6, 6.07) is 5.77. The molecule has 0 spiro atoms. The fourth-order valence-electron chi connectivity index (χ4n) is 5.01. The monoisotopic (exact) mass is 437 g/mol. The van der Waals surface area contributed by atoms with Crippen molar-refractivity contribution in [1.29, 1.82) is 0 Å². The first kappa shape index (κ1) is 21.0. The highest BCUT2D eigenvalue weighted by Gasteiger charge is 2.47. The van der Waals surface area contributed by atoms with Gasteiger partial charge in [0.25, 0.3) is 0 Å². The van der Waals surface area contributed by atoms with Gasteiger partial charge in [-0.2, -0.15) is 0 Å². The van der Waals surface area contributed by atoms with Gasteiger partial charge in [0.2, 0.25) is 11.8 Å². The van der Waals surface area contributed by atoms with E-state index in [4.69, 9.17) is 23.2 Å². The first-order valence-corrected chi connectivity index (χ1v) is 11.6. The molecule has 29 heavy (non-hydrogen) atoms. The van der Waals surface area contributed by atoms with E-state index in [0.717, 1.165) is 76.9 Å². The summed E-state index contributed by atoms with van der Waals surface area (Å²) in [5.41, 5.74) is 1.01. The molecule has 1 saturated carbocycles. The van der Waals surface area contributed by atoms with Crippen LogP contribution in [0.15, 0.2) is 18.2 Å². The first-order valence-electron chi connectivity index (χ1n) is 10.8. The van der Waals surface area contributed by atoms with E-state index in [1.165, 1.54) is 0 Å². The second-order valence-electron chi connectivity index (χ2n) is 8.43. The number of nitrogens with zero attached hydrogens (tertiary/aromatic N) is 3. The molecule has 3 fully saturated rings. The van der Waals surface area contributed by atoms with Crippen LogP contribution < -0.4 is 4.90 Å². The number of carbonyl (C=O) groups is 2. The minimum absolute atomic E-state index is 0.0253. The third-order valence-electron chi connectivity index (χ3n) is 6.68. The highest BCUT2D eigenvalue weighted by atomic mass is 35.5. The minimum atomic E-state index is -0.0253. The summed E-state index contributed by atoms with van der Waals surface area (Å²) < 4.78 is 0. The van der Waals surface area contributed by atoms with Crippen molar-refractivity contribution in [2.75, 3.05) is 44.2 Å². The number of halogens is 2. The molecule has 0 aromatic heterocycles. The first-order chi connectivity index (χ1) is 14.1. The summed E-state index contributed by atoms with van der Waals surface area (Å²) >= 11 is 12.5. The standard InChI is InChI=1S/C22H29Cl2N3O2/c23-18-8-5-9-19(20(18)24)26-14-12-25(13-15-26)10-3-4-11-27-21(28)16-6-1-2-7-17(16)22(27)29/h5,8-9,16-17H,1-4,6-7,10-15H2. The van der Waals surface area contributed by atoms with Gasteiger partial charge in [-0.1, -0.05) is 42.1 Å². The number of rotatable bonds is 6. The summed E-state index contributed by atoms with van der Waals surface area (Å²) in [5, 5.41) is 1.22. The van der Waals surface area contributed by atoms with Crippen LogP contribution in [0.2, 0.25) is 10.0 Å². The van der Waals surface area contributed by atoms with Gasteiger partial charge in [0, 0.05) is 32.7 Å². The largest absolute Gasteiger partial charge is 0.368 e. The number of piperazine rings is 1. The third kappa shape index (κ3) is 4.42. The van der Waals surface area contributed by atoms with Crippen molar-refractivity contribution in [2.24, 2.45) is 11.8 Å². The number of imide groups is 1. The number of amides is 2. The Morgan fingerprint density at radius 3 is 2.14 bits per heavy atom. The van der Waals surface area contributed by atoms with Crippen LogP contribution >= 0.6 is 23.2 Å². The Bertz CT molecular complexity index is 740. The topological polar surface area (TPSA) is 43.9 Å². The summed E-state index contributed by atoms with van der Waals surface area (Å²) in [7, 11) is 0. The number of fused-ring (bicyclic) bond motifs is 1. The molecule has 4 rings (SSSR count). The van der Waals surface area contributed by atoms with Crippen molar-refractivity contribution in [3.63, 3.8) is 0 Å². The van der Waals surface area contributed by atoms with Crippen LogP contribution in [-0.2, 0) is 9.59 Å². The number of anilines is 1. The van der Waals surface area contributed by atoms with Crippen molar-refractivity contribution in [2.45, 2.75) is 38.5 Å². The van der Waals surface area contributed by atoms with Crippen molar-refractivity contribution in [1.82, 2.24) is 9.80 Å². The molecule has 2 saturated heterocycles. The summed E-state index contributed by atoms with van der Waals surface area (Å²) in [6.07, 6.45) is 5.85. The predicted octanol–water partition coefficient (Wildman–Crippen LogP) is 4.07. The van der Waals surface area contributed by atoms with Crippen LogP contribution in [0.4, 0.5) is 5.69 Å². The van der Waals surface area contributed by atoms with Crippen LogP contribution in [-0.4, -0.2) is 60.9 Å². The van der Waals surface area contributed by atoms with Gasteiger partial charge in [0.1, 0.15) is 0 Å². The van der Waals surface area contributed by atoms with Crippen LogP contribution in [0.1, 0.15) is 38.5 Å². The maximum Gasteiger partial charge on any atom is 0.233 e. The molecule has 0 N–H and O–H groups in total. The van der Waals surface area contributed by atoms with Crippen molar-refractivity contribution in [3.8, 4) is 0 Å². The van der Waals surface area contributed by atoms with E-state index in [-0.39, 0.29) is 23.7 Å². The highest BCUT2D eigenvalue weighted by Crippen LogP contribution is 2.38. The average Bonchev–Trinajstić information content (AvgIpc) is 2.99. The average molecular weight is 438 g/mol. The van der Waals surface area contributed by atoms with Crippen molar-refractivity contribution >= 4 is 40.7 Å². The van der Waals surface area contributed by atoms with E-state index < -0.39 is 0 Å². The quantitative estimate of drug-likeness (QED) is 0.496. The van der Waals surface area contributed by atoms with Gasteiger partial charge < -0.3 is 4.90 Å². The summed E-state index contributed by atoms with van der Waals surface area (Å²) in [5.74, 6) is 0.128. The van der Waals surface area contributed by atoms with E-state index in [9.17, 15) is 9.59 Å². The maximum absolute atomic E-state index is 12.5. The molecule has 1 aromatic rings. The molecule has 2 aliphatic heterocycles. The zero-order chi connectivity index (χ0) is 20.4. The van der Waals surface area contributed by atoms with Gasteiger partial charge in [-0.3, -0.25) is 19.4 Å². The second kappa shape index (κ2) is 9.23. The summed E-state index contributed by atoms with van der Waals surface area (Å²) in [6.45, 7) is 5.39. The Balaban J connectivity index is 1.19. The lowest BCUT2D eigenvalue weighted by molar-refractivity contribution is -0.140. The molecular formula is C22H29Cl2N3O2. The normalized spacial score (nSPS) is 25.6. The lowest BCUT2D eigenvalue weighted by Crippen LogP contribution is -2.46. The SMILES string of the molecule is O=C1C2CCCCC2C(=O)N1CCCCN1CCN(c2cccc(Cl)c2Cl)CC1. The Morgan fingerprint density at radius 2 is 1.48 bits per heavy atom. The zero-order valence-electron chi connectivity index (χ0n) is 16.8. The molecule has 5 nitrogen and oxygen atoms in total. The lowest BCUT2D eigenvalue weighted by Gasteiger charge is -2.36. The molecule has 3 aliphatic rings. The number of hydrogen-bond acceptors (Lipinski definition) is 4. The van der Waals surface area contributed by atoms with Gasteiger partial charge in [0.15, 0.2) is 0 Å². The Labute approximate surface area is 182 Å². The van der Waals surface area contributed by atoms with Gasteiger partial charge in [-0.05, 0) is 44.4 Å². The molecule has 0 bridgehead atoms. The Hall–Kier alpha value is -1.30. The third-order valence-corrected chi connectivity index (χ3v) is 7.49. The van der Waals surface area contributed by atoms with E-state index >= 15 is 0 Å². The van der Waals surface area contributed by atoms with E-state index in [2.05, 4.69) is 9.80 Å². The molecule has 158 valence electrons. The van der Waals surface area contributed by atoms with Crippen LogP contribution in [0.3, 0.4) is 0 Å². The molecule has 1 aliphatic carbocycles. The van der Waals surface area contributed by atoms with Gasteiger partial charge in [-0.25, -0.2) is 0 Å². The second-order valence-corrected chi connectivity index (χ2v) is 9.22. The number of unbranched alkanes of at least 4 members (excludes halogenated alkanes) is 1. The van der Waals surface area contributed by atoms with E-state index in [1.807, 2.05) is 18.2 Å². The fraction of sp³-hybridized carbons (Fsp3) is 0.636. The molecule has 1 aromatic carbocycles. The van der Waals surface area contributed by atoms with Crippen LogP contribution in [0.25, 0.3) is 0 Å². The number of benzene rings is 1. The predicted molar refractivity (Wildman–Crippen MR) is 117 cm³/mol. The van der Waals surface area contributed by atoms with Gasteiger partial charge >= 0.3 is 0 Å². The minimum Gasteiger partial charge on any atom is -0.368 e. The van der Waals surface area contributed by atoms with Crippen molar-refractivity contribution < 1.29 is 9.59 Å². The van der Waals surface area contributed by atoms with Crippen LogP contribution in [0, 0.1) is 11.8 Å². The van der Waals surface area contributed by atoms with Gasteiger partial charge in [-0.15, -0.1) is 0 Å². The molecule has 0 radical (unpaired) electrons. The van der Waals surface area contributed by atoms with E-state index in [1.54, 1.807) is 4.90 Å². The van der Waals surface area contributed by atoms with Crippen LogP contribution in [0.5, 0.6) is 0 Å². The number of hydrogen-bond donors (Lipinski definition) is 0. The number of likely N-dealkylation sites (tertiary alicyclic amines) is 1. The highest BCUT2D eigenvalue weighted by molar-refractivity contribution is 6.43. The molecular weight excluding hydrogens is 409 g/mol. The fourth-order valence-corrected chi connectivity index (χ4v) is 5.42. The maximum atomic E-state index is 12.5. The molecule has 2 amide bonds. The molecule has 2 unspecified atom stereocenters. The Kier molecular flexibility index (Phi) is 6.67. The Morgan fingerprint density at radius 1 is 0.862 bits per heavy atom. The van der Waals surface area contributed by atoms with Crippen molar-refractivity contribution in [3.05, 3.63) is 28.2 Å².